The number of aromatic nitrogens is 3. The zero-order valence-corrected chi connectivity index (χ0v) is 26.3. The van der Waals surface area contributed by atoms with Crippen molar-refractivity contribution in [2.75, 3.05) is 0 Å². The molecule has 0 atom stereocenters. The molecule has 50 heavy (non-hydrogen) atoms. The Bertz CT molecular complexity index is 2800. The van der Waals surface area contributed by atoms with Gasteiger partial charge >= 0.3 is 0 Å². The molecule has 7 heteroatoms. The predicted molar refractivity (Wildman–Crippen MR) is 193 cm³/mol. The van der Waals surface area contributed by atoms with E-state index in [1.165, 1.54) is 0 Å². The summed E-state index contributed by atoms with van der Waals surface area (Å²) in [6, 6.07) is 48.2. The molecule has 0 bridgehead atoms. The lowest BCUT2D eigenvalue weighted by molar-refractivity contribution is 1.29. The number of nitrogens with zero attached hydrogens (tertiary/aromatic N) is 7. The van der Waals surface area contributed by atoms with E-state index in [0.717, 1.165) is 43.9 Å². The van der Waals surface area contributed by atoms with Crippen molar-refractivity contribution in [3.8, 4) is 69.2 Å². The lowest BCUT2D eigenvalue weighted by Gasteiger charge is -2.18. The van der Waals surface area contributed by atoms with Crippen LogP contribution in [0.2, 0.25) is 0 Å². The van der Waals surface area contributed by atoms with Gasteiger partial charge in [0.1, 0.15) is 0 Å². The van der Waals surface area contributed by atoms with E-state index in [-0.39, 0.29) is 0 Å². The maximum atomic E-state index is 9.92. The molecule has 228 valence electrons. The first kappa shape index (κ1) is 29.7. The van der Waals surface area contributed by atoms with Gasteiger partial charge < -0.3 is 0 Å². The molecule has 2 aromatic heterocycles. The predicted octanol–water partition coefficient (Wildman–Crippen LogP) is 9.49. The molecule has 0 aliphatic heterocycles. The molecule has 0 unspecified atom stereocenters. The van der Waals surface area contributed by atoms with Crippen LogP contribution in [0.25, 0.3) is 77.6 Å². The van der Waals surface area contributed by atoms with Crippen molar-refractivity contribution in [3.05, 3.63) is 150 Å². The highest BCUT2D eigenvalue weighted by molar-refractivity contribution is 6.25. The number of hydrogen-bond acceptors (Lipinski definition) is 7. The maximum absolute atomic E-state index is 9.92. The third-order valence-electron chi connectivity index (χ3n) is 8.73. The molecular weight excluding hydrogens is 615 g/mol. The molecule has 2 heterocycles. The smallest absolute Gasteiger partial charge is 0.0995 e. The first-order chi connectivity index (χ1) is 24.6. The van der Waals surface area contributed by atoms with E-state index in [0.29, 0.717) is 55.9 Å². The zero-order chi connectivity index (χ0) is 34.2. The van der Waals surface area contributed by atoms with Gasteiger partial charge in [-0.2, -0.15) is 21.0 Å². The van der Waals surface area contributed by atoms with Crippen LogP contribution in [0.15, 0.2) is 127 Å². The summed E-state index contributed by atoms with van der Waals surface area (Å²) in [6.45, 7) is 0. The van der Waals surface area contributed by atoms with Crippen molar-refractivity contribution in [2.24, 2.45) is 0 Å². The minimum absolute atomic E-state index is 0.370. The first-order valence-electron chi connectivity index (χ1n) is 15.7. The third kappa shape index (κ3) is 5.02. The van der Waals surface area contributed by atoms with Gasteiger partial charge in [0.25, 0.3) is 0 Å². The van der Waals surface area contributed by atoms with Crippen LogP contribution < -0.4 is 0 Å². The second-order valence-electron chi connectivity index (χ2n) is 11.7. The van der Waals surface area contributed by atoms with Crippen molar-refractivity contribution in [1.29, 1.82) is 21.0 Å². The molecule has 0 saturated carbocycles. The van der Waals surface area contributed by atoms with Crippen molar-refractivity contribution in [1.82, 2.24) is 15.0 Å². The molecule has 0 N–H and O–H groups in total. The van der Waals surface area contributed by atoms with Crippen LogP contribution in [0.4, 0.5) is 0 Å². The standard InChI is InChI=1S/C43H21N7/c44-22-26-10-14-31(15-11-26)41-42(32-16-12-27(23-45)13-17-32)50-43-37(49-41)21-35(33-19-28(24-46)18-29(20-33)25-47)38-34-8-4-5-9-36(34)48-40(39(38)43)30-6-2-1-3-7-30/h1-21H. The average Bonchev–Trinajstić information content (AvgIpc) is 3.19. The topological polar surface area (TPSA) is 134 Å². The SMILES string of the molecule is N#Cc1ccc(-c2nc3cc(-c4cc(C#N)cc(C#N)c4)c4c5ccccc5nc(-c5ccccc5)c4c3nc2-c2ccc(C#N)cc2)cc1. The minimum atomic E-state index is 0.370. The van der Waals surface area contributed by atoms with Crippen LogP contribution >= 0.6 is 0 Å². The van der Waals surface area contributed by atoms with Gasteiger partial charge in [0.15, 0.2) is 0 Å². The fraction of sp³-hybridized carbons (Fsp3) is 0. The number of pyridine rings is 1. The van der Waals surface area contributed by atoms with Crippen LogP contribution in [0.5, 0.6) is 0 Å². The van der Waals surface area contributed by atoms with Crippen LogP contribution in [0, 0.1) is 45.3 Å². The second kappa shape index (κ2) is 12.1. The van der Waals surface area contributed by atoms with Crippen LogP contribution in [0.1, 0.15) is 22.3 Å². The Morgan fingerprint density at radius 1 is 0.380 bits per heavy atom. The lowest BCUT2D eigenvalue weighted by Crippen LogP contribution is -2.00. The van der Waals surface area contributed by atoms with E-state index in [2.05, 4.69) is 24.3 Å². The summed E-state index contributed by atoms with van der Waals surface area (Å²) in [6.07, 6.45) is 0. The molecule has 0 aliphatic carbocycles. The molecule has 0 fully saturated rings. The minimum Gasteiger partial charge on any atom is -0.247 e. The van der Waals surface area contributed by atoms with Gasteiger partial charge in [0.2, 0.25) is 0 Å². The number of fused-ring (bicyclic) bond motifs is 5. The normalized spacial score (nSPS) is 10.7. The Labute approximate surface area is 286 Å². The molecular formula is C43H21N7. The zero-order valence-electron chi connectivity index (χ0n) is 26.3. The van der Waals surface area contributed by atoms with Gasteiger partial charge in [-0.05, 0) is 65.7 Å². The molecule has 7 nitrogen and oxygen atoms in total. The summed E-state index contributed by atoms with van der Waals surface area (Å²) in [5.41, 5.74) is 9.58. The summed E-state index contributed by atoms with van der Waals surface area (Å²) in [7, 11) is 0. The molecule has 0 saturated heterocycles. The Hall–Kier alpha value is -7.71. The van der Waals surface area contributed by atoms with Gasteiger partial charge in [-0.3, -0.25) is 0 Å². The van der Waals surface area contributed by atoms with Gasteiger partial charge in [-0.15, -0.1) is 0 Å². The Morgan fingerprint density at radius 2 is 0.900 bits per heavy atom. The number of rotatable bonds is 4. The lowest BCUT2D eigenvalue weighted by atomic mass is 9.90. The summed E-state index contributed by atoms with van der Waals surface area (Å²) >= 11 is 0. The molecule has 0 aliphatic rings. The highest BCUT2D eigenvalue weighted by Crippen LogP contribution is 2.44. The number of para-hydroxylation sites is 1. The van der Waals surface area contributed by atoms with Crippen molar-refractivity contribution in [2.45, 2.75) is 0 Å². The van der Waals surface area contributed by atoms with Crippen LogP contribution in [-0.2, 0) is 0 Å². The molecule has 8 rings (SSSR count). The van der Waals surface area contributed by atoms with E-state index >= 15 is 0 Å². The van der Waals surface area contributed by atoms with Gasteiger partial charge in [-0.1, -0.05) is 72.8 Å². The van der Waals surface area contributed by atoms with E-state index in [4.69, 9.17) is 15.0 Å². The van der Waals surface area contributed by atoms with Crippen molar-refractivity contribution < 1.29 is 0 Å². The van der Waals surface area contributed by atoms with Crippen molar-refractivity contribution >= 4 is 32.7 Å². The number of benzene rings is 6. The quantitative estimate of drug-likeness (QED) is 0.176. The van der Waals surface area contributed by atoms with Gasteiger partial charge in [0, 0.05) is 32.8 Å². The second-order valence-corrected chi connectivity index (χ2v) is 11.7. The fourth-order valence-corrected chi connectivity index (χ4v) is 6.42. The Kier molecular flexibility index (Phi) is 7.21. The number of nitriles is 4. The summed E-state index contributed by atoms with van der Waals surface area (Å²) in [5, 5.41) is 41.4. The third-order valence-corrected chi connectivity index (χ3v) is 8.73. The maximum Gasteiger partial charge on any atom is 0.0995 e. The van der Waals surface area contributed by atoms with Crippen LogP contribution in [0.3, 0.4) is 0 Å². The summed E-state index contributed by atoms with van der Waals surface area (Å²) in [5.74, 6) is 0. The number of hydrogen-bond donors (Lipinski definition) is 0. The van der Waals surface area contributed by atoms with Gasteiger partial charge in [-0.25, -0.2) is 15.0 Å². The van der Waals surface area contributed by atoms with E-state index in [1.807, 2.05) is 84.9 Å². The van der Waals surface area contributed by atoms with Crippen LogP contribution in [-0.4, -0.2) is 15.0 Å². The monoisotopic (exact) mass is 635 g/mol. The molecule has 6 aromatic carbocycles. The Balaban J connectivity index is 1.59. The Morgan fingerprint density at radius 3 is 1.50 bits per heavy atom. The van der Waals surface area contributed by atoms with Crippen molar-refractivity contribution in [3.63, 3.8) is 0 Å². The molecule has 0 spiro atoms. The molecule has 8 aromatic rings. The first-order valence-corrected chi connectivity index (χ1v) is 15.7. The molecule has 0 radical (unpaired) electrons. The van der Waals surface area contributed by atoms with E-state index in [1.54, 1.807) is 42.5 Å². The largest absolute Gasteiger partial charge is 0.247 e. The summed E-state index contributed by atoms with van der Waals surface area (Å²) in [4.78, 5) is 15.9. The van der Waals surface area contributed by atoms with Gasteiger partial charge in [0.05, 0.1) is 80.2 Å². The highest BCUT2D eigenvalue weighted by atomic mass is 14.8. The highest BCUT2D eigenvalue weighted by Gasteiger charge is 2.23. The fourth-order valence-electron chi connectivity index (χ4n) is 6.42. The average molecular weight is 636 g/mol. The summed E-state index contributed by atoms with van der Waals surface area (Å²) < 4.78 is 0. The van der Waals surface area contributed by atoms with E-state index in [9.17, 15) is 21.0 Å². The van der Waals surface area contributed by atoms with E-state index < -0.39 is 0 Å². The molecule has 0 amide bonds.